The minimum Gasteiger partial charge on any atom is -0.352 e. The highest BCUT2D eigenvalue weighted by atomic mass is 35.5. The highest BCUT2D eigenvalue weighted by Gasteiger charge is 2.20. The lowest BCUT2D eigenvalue weighted by Crippen LogP contribution is -2.44. The SMILES string of the molecule is CC(C)NC(=O)CN(C)C(=O)CC1CSCCN1.Cl. The van der Waals surface area contributed by atoms with Gasteiger partial charge in [-0.3, -0.25) is 9.59 Å². The van der Waals surface area contributed by atoms with Crippen molar-refractivity contribution in [3.05, 3.63) is 0 Å². The summed E-state index contributed by atoms with van der Waals surface area (Å²) in [6.07, 6.45) is 0.471. The van der Waals surface area contributed by atoms with Gasteiger partial charge in [0.05, 0.1) is 6.54 Å². The fourth-order valence-corrected chi connectivity index (χ4v) is 2.74. The van der Waals surface area contributed by atoms with Gasteiger partial charge in [-0.15, -0.1) is 12.4 Å². The number of carbonyl (C=O) groups is 2. The highest BCUT2D eigenvalue weighted by molar-refractivity contribution is 7.99. The van der Waals surface area contributed by atoms with Crippen LogP contribution in [0, 0.1) is 0 Å². The van der Waals surface area contributed by atoms with Crippen LogP contribution in [0.25, 0.3) is 0 Å². The Bertz CT molecular complexity index is 297. The molecule has 2 amide bonds. The van der Waals surface area contributed by atoms with Gasteiger partial charge in [-0.05, 0) is 13.8 Å². The lowest BCUT2D eigenvalue weighted by Gasteiger charge is -2.25. The molecule has 1 atom stereocenters. The maximum Gasteiger partial charge on any atom is 0.239 e. The average Bonchev–Trinajstić information content (AvgIpc) is 2.28. The zero-order valence-electron chi connectivity index (χ0n) is 11.8. The first-order valence-electron chi connectivity index (χ1n) is 6.33. The summed E-state index contributed by atoms with van der Waals surface area (Å²) >= 11 is 1.87. The summed E-state index contributed by atoms with van der Waals surface area (Å²) in [7, 11) is 1.68. The second-order valence-corrected chi connectivity index (χ2v) is 6.05. The van der Waals surface area contributed by atoms with Crippen molar-refractivity contribution in [2.45, 2.75) is 32.4 Å². The Balaban J connectivity index is 0.00000324. The molecule has 112 valence electrons. The summed E-state index contributed by atoms with van der Waals surface area (Å²) in [5, 5.41) is 6.10. The Labute approximate surface area is 125 Å². The second kappa shape index (κ2) is 9.44. The monoisotopic (exact) mass is 309 g/mol. The molecule has 1 heterocycles. The number of hydrogen-bond donors (Lipinski definition) is 2. The van der Waals surface area contributed by atoms with Crippen LogP contribution < -0.4 is 10.6 Å². The van der Waals surface area contributed by atoms with Crippen LogP contribution in [0.3, 0.4) is 0 Å². The van der Waals surface area contributed by atoms with Gasteiger partial charge in [0, 0.05) is 43.6 Å². The lowest BCUT2D eigenvalue weighted by atomic mass is 10.2. The molecular weight excluding hydrogens is 286 g/mol. The molecule has 0 bridgehead atoms. The number of thioether (sulfide) groups is 1. The Kier molecular flexibility index (Phi) is 9.22. The van der Waals surface area contributed by atoms with Crippen LogP contribution in [-0.2, 0) is 9.59 Å². The molecule has 1 unspecified atom stereocenters. The van der Waals surface area contributed by atoms with Crippen LogP contribution >= 0.6 is 24.2 Å². The van der Waals surface area contributed by atoms with E-state index < -0.39 is 0 Å². The van der Waals surface area contributed by atoms with Crippen LogP contribution in [0.4, 0.5) is 0 Å². The normalized spacial score (nSPS) is 18.6. The van der Waals surface area contributed by atoms with Crippen molar-refractivity contribution in [2.24, 2.45) is 0 Å². The smallest absolute Gasteiger partial charge is 0.239 e. The quantitative estimate of drug-likeness (QED) is 0.776. The number of nitrogens with one attached hydrogen (secondary N) is 2. The molecular formula is C12H24ClN3O2S. The average molecular weight is 310 g/mol. The fourth-order valence-electron chi connectivity index (χ4n) is 1.79. The van der Waals surface area contributed by atoms with Gasteiger partial charge < -0.3 is 15.5 Å². The first-order valence-corrected chi connectivity index (χ1v) is 7.49. The minimum atomic E-state index is -0.105. The van der Waals surface area contributed by atoms with Crippen molar-refractivity contribution in [1.82, 2.24) is 15.5 Å². The molecule has 1 rings (SSSR count). The molecule has 2 N–H and O–H groups in total. The molecule has 0 aromatic carbocycles. The Morgan fingerprint density at radius 1 is 1.47 bits per heavy atom. The predicted molar refractivity (Wildman–Crippen MR) is 81.9 cm³/mol. The van der Waals surface area contributed by atoms with E-state index in [0.29, 0.717) is 6.42 Å². The van der Waals surface area contributed by atoms with Gasteiger partial charge in [-0.25, -0.2) is 0 Å². The third kappa shape index (κ3) is 7.64. The topological polar surface area (TPSA) is 61.4 Å². The fraction of sp³-hybridized carbons (Fsp3) is 0.833. The molecule has 0 spiro atoms. The van der Waals surface area contributed by atoms with Crippen molar-refractivity contribution >= 4 is 36.0 Å². The van der Waals surface area contributed by atoms with E-state index >= 15 is 0 Å². The van der Waals surface area contributed by atoms with Crippen molar-refractivity contribution in [1.29, 1.82) is 0 Å². The number of rotatable bonds is 5. The number of hydrogen-bond acceptors (Lipinski definition) is 4. The number of nitrogens with zero attached hydrogens (tertiary/aromatic N) is 1. The number of likely N-dealkylation sites (N-methyl/N-ethyl adjacent to an activating group) is 1. The third-order valence-corrected chi connectivity index (χ3v) is 3.81. The van der Waals surface area contributed by atoms with Crippen molar-refractivity contribution in [3.63, 3.8) is 0 Å². The summed E-state index contributed by atoms with van der Waals surface area (Å²) in [6.45, 7) is 4.91. The molecule has 1 aliphatic heterocycles. The molecule has 0 aliphatic carbocycles. The molecule has 0 aromatic heterocycles. The second-order valence-electron chi connectivity index (χ2n) is 4.90. The van der Waals surface area contributed by atoms with Crippen LogP contribution in [0.5, 0.6) is 0 Å². The van der Waals surface area contributed by atoms with Gasteiger partial charge in [0.2, 0.25) is 11.8 Å². The van der Waals surface area contributed by atoms with Gasteiger partial charge in [-0.2, -0.15) is 11.8 Å². The molecule has 0 saturated carbocycles. The van der Waals surface area contributed by atoms with E-state index in [1.807, 2.05) is 25.6 Å². The molecule has 0 radical (unpaired) electrons. The van der Waals surface area contributed by atoms with Crippen molar-refractivity contribution in [2.75, 3.05) is 31.6 Å². The molecule has 7 heteroatoms. The number of amides is 2. The predicted octanol–water partition coefficient (Wildman–Crippen LogP) is 0.486. The molecule has 1 fully saturated rings. The molecule has 0 aromatic rings. The molecule has 1 aliphatic rings. The van der Waals surface area contributed by atoms with E-state index in [-0.39, 0.29) is 42.8 Å². The standard InChI is InChI=1S/C12H23N3O2S.ClH/c1-9(2)14-11(16)7-15(3)12(17)6-10-8-18-5-4-13-10;/h9-10,13H,4-8H2,1-3H3,(H,14,16);1H. The van der Waals surface area contributed by atoms with E-state index in [2.05, 4.69) is 10.6 Å². The zero-order valence-corrected chi connectivity index (χ0v) is 13.4. The first-order chi connectivity index (χ1) is 8.49. The van der Waals surface area contributed by atoms with E-state index in [0.717, 1.165) is 18.1 Å². The van der Waals surface area contributed by atoms with E-state index in [4.69, 9.17) is 0 Å². The number of carbonyl (C=O) groups excluding carboxylic acids is 2. The highest BCUT2D eigenvalue weighted by Crippen LogP contribution is 2.11. The summed E-state index contributed by atoms with van der Waals surface area (Å²) in [5.41, 5.74) is 0. The van der Waals surface area contributed by atoms with Gasteiger partial charge in [-0.1, -0.05) is 0 Å². The maximum absolute atomic E-state index is 11.9. The Morgan fingerprint density at radius 3 is 2.68 bits per heavy atom. The van der Waals surface area contributed by atoms with Gasteiger partial charge in [0.1, 0.15) is 0 Å². The lowest BCUT2D eigenvalue weighted by molar-refractivity contribution is -0.135. The third-order valence-electron chi connectivity index (χ3n) is 2.68. The van der Waals surface area contributed by atoms with Crippen LogP contribution in [0.1, 0.15) is 20.3 Å². The van der Waals surface area contributed by atoms with Gasteiger partial charge in [0.15, 0.2) is 0 Å². The largest absolute Gasteiger partial charge is 0.352 e. The van der Waals surface area contributed by atoms with Gasteiger partial charge >= 0.3 is 0 Å². The minimum absolute atomic E-state index is 0. The summed E-state index contributed by atoms with van der Waals surface area (Å²) in [5.74, 6) is 2.00. The molecule has 1 saturated heterocycles. The van der Waals surface area contributed by atoms with Crippen LogP contribution in [0.2, 0.25) is 0 Å². The Morgan fingerprint density at radius 2 is 2.16 bits per heavy atom. The van der Waals surface area contributed by atoms with Crippen LogP contribution in [-0.4, -0.2) is 60.4 Å². The molecule has 19 heavy (non-hydrogen) atoms. The number of halogens is 1. The summed E-state index contributed by atoms with van der Waals surface area (Å²) < 4.78 is 0. The zero-order chi connectivity index (χ0) is 13.5. The van der Waals surface area contributed by atoms with E-state index in [1.165, 1.54) is 4.90 Å². The van der Waals surface area contributed by atoms with E-state index in [1.54, 1.807) is 7.05 Å². The van der Waals surface area contributed by atoms with E-state index in [9.17, 15) is 9.59 Å². The molecule has 5 nitrogen and oxygen atoms in total. The van der Waals surface area contributed by atoms with Crippen molar-refractivity contribution < 1.29 is 9.59 Å². The van der Waals surface area contributed by atoms with Crippen molar-refractivity contribution in [3.8, 4) is 0 Å². The maximum atomic E-state index is 11.9. The van der Waals surface area contributed by atoms with Gasteiger partial charge in [0.25, 0.3) is 0 Å². The summed E-state index contributed by atoms with van der Waals surface area (Å²) in [4.78, 5) is 25.0. The Hall–Kier alpha value is -0.460. The van der Waals surface area contributed by atoms with Crippen LogP contribution in [0.15, 0.2) is 0 Å². The first kappa shape index (κ1) is 18.5. The summed E-state index contributed by atoms with van der Waals surface area (Å²) in [6, 6.07) is 0.351.